The van der Waals surface area contributed by atoms with Crippen LogP contribution in [0, 0.1) is 4.91 Å². The van der Waals surface area contributed by atoms with E-state index in [1.165, 1.54) is 68.9 Å². The minimum Gasteiger partial charge on any atom is -0.151 e. The monoisotopic (exact) mass is 303 g/mol. The average Bonchev–Trinajstić information content (AvgIpc) is 2.55. The number of benzene rings is 1. The molecule has 0 bridgehead atoms. The van der Waals surface area contributed by atoms with Crippen LogP contribution in [0.3, 0.4) is 0 Å². The lowest BCUT2D eigenvalue weighted by atomic mass is 10.0. The quantitative estimate of drug-likeness (QED) is 0.286. The van der Waals surface area contributed by atoms with Crippen LogP contribution in [0.4, 0.5) is 0 Å². The lowest BCUT2D eigenvalue weighted by molar-refractivity contribution is 0.607. The summed E-state index contributed by atoms with van der Waals surface area (Å²) in [5.74, 6) is 0. The summed E-state index contributed by atoms with van der Waals surface area (Å²) in [5.41, 5.74) is 2.93. The van der Waals surface area contributed by atoms with Crippen LogP contribution in [-0.2, 0) is 12.8 Å². The Morgan fingerprint density at radius 3 is 1.64 bits per heavy atom. The van der Waals surface area contributed by atoms with Crippen molar-refractivity contribution in [2.75, 3.05) is 6.54 Å². The zero-order valence-corrected chi connectivity index (χ0v) is 14.4. The van der Waals surface area contributed by atoms with E-state index in [0.717, 1.165) is 19.3 Å². The Bertz CT molecular complexity index is 372. The van der Waals surface area contributed by atoms with Crippen LogP contribution >= 0.6 is 0 Å². The van der Waals surface area contributed by atoms with Gasteiger partial charge in [0.25, 0.3) is 0 Å². The van der Waals surface area contributed by atoms with E-state index in [4.69, 9.17) is 0 Å². The summed E-state index contributed by atoms with van der Waals surface area (Å²) in [6.45, 7) is 2.75. The summed E-state index contributed by atoms with van der Waals surface area (Å²) < 4.78 is 0. The molecule has 0 saturated carbocycles. The molecule has 0 N–H and O–H groups in total. The highest BCUT2D eigenvalue weighted by atomic mass is 16.3. The molecule has 22 heavy (non-hydrogen) atoms. The van der Waals surface area contributed by atoms with Crippen LogP contribution < -0.4 is 0 Å². The van der Waals surface area contributed by atoms with Crippen LogP contribution in [0.2, 0.25) is 0 Å². The second-order valence-electron chi connectivity index (χ2n) is 6.35. The van der Waals surface area contributed by atoms with E-state index in [2.05, 4.69) is 36.4 Å². The van der Waals surface area contributed by atoms with Gasteiger partial charge in [-0.3, -0.25) is 0 Å². The van der Waals surface area contributed by atoms with Gasteiger partial charge in [-0.25, -0.2) is 0 Å². The van der Waals surface area contributed by atoms with Crippen molar-refractivity contribution in [3.05, 3.63) is 40.3 Å². The number of nitroso groups, excluding NO2 is 1. The Hall–Kier alpha value is -1.18. The zero-order chi connectivity index (χ0) is 15.9. The molecule has 2 heteroatoms. The minimum absolute atomic E-state index is 0.479. The molecule has 0 heterocycles. The molecule has 0 aliphatic rings. The van der Waals surface area contributed by atoms with E-state index in [1.54, 1.807) is 0 Å². The fourth-order valence-corrected chi connectivity index (χ4v) is 2.84. The zero-order valence-electron chi connectivity index (χ0n) is 14.4. The van der Waals surface area contributed by atoms with E-state index in [9.17, 15) is 4.91 Å². The second kappa shape index (κ2) is 13.5. The molecular weight excluding hydrogens is 270 g/mol. The van der Waals surface area contributed by atoms with E-state index in [0.29, 0.717) is 6.54 Å². The molecule has 0 amide bonds. The van der Waals surface area contributed by atoms with Crippen molar-refractivity contribution in [2.45, 2.75) is 84.0 Å². The molecule has 1 aromatic rings. The van der Waals surface area contributed by atoms with Gasteiger partial charge in [-0.05, 0) is 43.2 Å². The number of rotatable bonds is 14. The minimum atomic E-state index is 0.479. The molecule has 0 radical (unpaired) electrons. The third-order valence-electron chi connectivity index (χ3n) is 4.31. The van der Waals surface area contributed by atoms with Gasteiger partial charge in [-0.2, -0.15) is 4.91 Å². The number of hydrogen-bond acceptors (Lipinski definition) is 2. The highest BCUT2D eigenvalue weighted by Gasteiger charge is 1.97. The van der Waals surface area contributed by atoms with E-state index < -0.39 is 0 Å². The summed E-state index contributed by atoms with van der Waals surface area (Å²) in [6.07, 6.45) is 15.1. The summed E-state index contributed by atoms with van der Waals surface area (Å²) in [6, 6.07) is 9.19. The van der Waals surface area contributed by atoms with Gasteiger partial charge in [0.05, 0.1) is 6.54 Å². The van der Waals surface area contributed by atoms with Gasteiger partial charge in [0.1, 0.15) is 0 Å². The Kier molecular flexibility index (Phi) is 11.6. The average molecular weight is 303 g/mol. The highest BCUT2D eigenvalue weighted by Crippen LogP contribution is 2.13. The lowest BCUT2D eigenvalue weighted by Crippen LogP contribution is -1.90. The first-order valence-electron chi connectivity index (χ1n) is 9.23. The molecular formula is C20H33NO. The summed E-state index contributed by atoms with van der Waals surface area (Å²) >= 11 is 0. The molecule has 0 aliphatic carbocycles. The molecule has 0 atom stereocenters. The molecule has 0 spiro atoms. The first kappa shape index (κ1) is 18.9. The number of nitrogens with zero attached hydrogens (tertiary/aromatic N) is 1. The van der Waals surface area contributed by atoms with Gasteiger partial charge in [-0.15, -0.1) is 0 Å². The van der Waals surface area contributed by atoms with Crippen molar-refractivity contribution in [1.82, 2.24) is 0 Å². The van der Waals surface area contributed by atoms with Gasteiger partial charge in [0, 0.05) is 0 Å². The molecule has 0 saturated heterocycles. The van der Waals surface area contributed by atoms with Crippen LogP contribution in [-0.4, -0.2) is 6.54 Å². The van der Waals surface area contributed by atoms with Gasteiger partial charge < -0.3 is 0 Å². The normalized spacial score (nSPS) is 10.8. The first-order valence-corrected chi connectivity index (χ1v) is 9.23. The number of unbranched alkanes of at least 4 members (excludes halogenated alkanes) is 8. The van der Waals surface area contributed by atoms with Crippen molar-refractivity contribution in [1.29, 1.82) is 0 Å². The molecule has 2 nitrogen and oxygen atoms in total. The van der Waals surface area contributed by atoms with Crippen molar-refractivity contribution in [3.8, 4) is 0 Å². The topological polar surface area (TPSA) is 29.4 Å². The predicted octanol–water partition coefficient (Wildman–Crippen LogP) is 6.46. The molecule has 1 aromatic carbocycles. The Balaban J connectivity index is 2.08. The van der Waals surface area contributed by atoms with Crippen LogP contribution in [0.15, 0.2) is 29.4 Å². The highest BCUT2D eigenvalue weighted by molar-refractivity contribution is 5.22. The fraction of sp³-hybridized carbons (Fsp3) is 0.700. The Morgan fingerprint density at radius 1 is 0.682 bits per heavy atom. The van der Waals surface area contributed by atoms with Crippen molar-refractivity contribution >= 4 is 0 Å². The number of aryl methyl sites for hydroxylation is 2. The Labute approximate surface area is 136 Å². The fourth-order valence-electron chi connectivity index (χ4n) is 2.84. The van der Waals surface area contributed by atoms with Crippen LogP contribution in [0.25, 0.3) is 0 Å². The summed E-state index contributed by atoms with van der Waals surface area (Å²) in [4.78, 5) is 9.98. The van der Waals surface area contributed by atoms with Crippen LogP contribution in [0.5, 0.6) is 0 Å². The maximum atomic E-state index is 9.98. The molecule has 0 aromatic heterocycles. The third-order valence-corrected chi connectivity index (χ3v) is 4.31. The SMILES string of the molecule is CCCCCCCCc1ccc(CCCCCCN=O)cc1. The molecule has 1 rings (SSSR count). The lowest BCUT2D eigenvalue weighted by Gasteiger charge is -2.05. The predicted molar refractivity (Wildman–Crippen MR) is 96.4 cm³/mol. The molecule has 0 unspecified atom stereocenters. The molecule has 0 aliphatic heterocycles. The van der Waals surface area contributed by atoms with Gasteiger partial charge >= 0.3 is 0 Å². The van der Waals surface area contributed by atoms with Crippen LogP contribution in [0.1, 0.15) is 82.3 Å². The van der Waals surface area contributed by atoms with E-state index in [-0.39, 0.29) is 0 Å². The summed E-state index contributed by atoms with van der Waals surface area (Å²) in [7, 11) is 0. The standard InChI is InChI=1S/C20H33NO/c1-2-3-4-5-6-9-12-19-14-16-20(17-15-19)13-10-7-8-11-18-21-22/h14-17H,2-13,18H2,1H3. The smallest absolute Gasteiger partial charge is 0.0811 e. The van der Waals surface area contributed by atoms with Crippen molar-refractivity contribution < 1.29 is 0 Å². The van der Waals surface area contributed by atoms with Gasteiger partial charge in [-0.1, -0.05) is 81.3 Å². The summed E-state index contributed by atoms with van der Waals surface area (Å²) in [5, 5.41) is 2.90. The molecule has 0 fully saturated rings. The van der Waals surface area contributed by atoms with E-state index in [1.807, 2.05) is 0 Å². The van der Waals surface area contributed by atoms with Crippen molar-refractivity contribution in [3.63, 3.8) is 0 Å². The van der Waals surface area contributed by atoms with Gasteiger partial charge in [0.15, 0.2) is 0 Å². The Morgan fingerprint density at radius 2 is 1.14 bits per heavy atom. The number of hydrogen-bond donors (Lipinski definition) is 0. The van der Waals surface area contributed by atoms with E-state index >= 15 is 0 Å². The maximum absolute atomic E-state index is 9.98. The van der Waals surface area contributed by atoms with Crippen molar-refractivity contribution in [2.24, 2.45) is 5.18 Å². The molecule has 124 valence electrons. The third kappa shape index (κ3) is 9.70. The van der Waals surface area contributed by atoms with Gasteiger partial charge in [0.2, 0.25) is 0 Å². The largest absolute Gasteiger partial charge is 0.151 e. The second-order valence-corrected chi connectivity index (χ2v) is 6.35. The first-order chi connectivity index (χ1) is 10.9. The maximum Gasteiger partial charge on any atom is 0.0811 e.